The minimum Gasteiger partial charge on any atom is -0.481 e. The number of carbonyl (C=O) groups is 9. The number of aliphatic hydroxyl groups is 7. The number of fused-ring (bicyclic) bond motifs is 6. The Morgan fingerprint density at radius 3 is 1.68 bits per heavy atom. The van der Waals surface area contributed by atoms with Crippen molar-refractivity contribution in [1.29, 1.82) is 0 Å². The van der Waals surface area contributed by atoms with Crippen LogP contribution in [0.4, 0.5) is 5.69 Å². The molecule has 18 atom stereocenters. The van der Waals surface area contributed by atoms with Gasteiger partial charge in [-0.1, -0.05) is 101 Å². The zero-order valence-corrected chi connectivity index (χ0v) is 86.3. The highest BCUT2D eigenvalue weighted by atomic mass is 79.9. The lowest BCUT2D eigenvalue weighted by atomic mass is 9.47. The zero-order valence-electron chi connectivity index (χ0n) is 84.7. The lowest BCUT2D eigenvalue weighted by molar-refractivity contribution is -0.202. The number of esters is 4. The van der Waals surface area contributed by atoms with E-state index in [1.165, 1.54) is 57.6 Å². The van der Waals surface area contributed by atoms with E-state index >= 15 is 4.79 Å². The van der Waals surface area contributed by atoms with Crippen molar-refractivity contribution in [2.75, 3.05) is 158 Å². The van der Waals surface area contributed by atoms with Gasteiger partial charge in [0.15, 0.2) is 36.5 Å². The van der Waals surface area contributed by atoms with Crippen molar-refractivity contribution in [3.05, 3.63) is 76.5 Å². The van der Waals surface area contributed by atoms with Gasteiger partial charge in [0.1, 0.15) is 32.0 Å². The molecule has 140 heavy (non-hydrogen) atoms. The highest BCUT2D eigenvalue weighted by Gasteiger charge is 2.78. The fourth-order valence-electron chi connectivity index (χ4n) is 19.7. The van der Waals surface area contributed by atoms with Crippen molar-refractivity contribution in [2.45, 2.75) is 313 Å². The summed E-state index contributed by atoms with van der Waals surface area (Å²) in [5.41, 5.74) is 2.93. The third kappa shape index (κ3) is 34.9. The van der Waals surface area contributed by atoms with Gasteiger partial charge in [0, 0.05) is 158 Å². The van der Waals surface area contributed by atoms with E-state index < -0.39 is 118 Å². The summed E-state index contributed by atoms with van der Waals surface area (Å²) in [6.45, 7) is 25.0. The summed E-state index contributed by atoms with van der Waals surface area (Å²) in [5, 5.41) is 92.2. The minimum absolute atomic E-state index is 0.00384. The summed E-state index contributed by atoms with van der Waals surface area (Å²) >= 11 is 3.07. The maximum atomic E-state index is 15.2. The number of hydrogen-bond donors (Lipinski definition) is 12. The number of ether oxygens (including phenoxy) is 13. The van der Waals surface area contributed by atoms with Crippen molar-refractivity contribution in [2.24, 2.45) is 11.3 Å². The first-order valence-electron chi connectivity index (χ1n) is 49.2. The number of ketones is 1. The van der Waals surface area contributed by atoms with E-state index in [0.29, 0.717) is 96.1 Å². The number of aliphatic carboxylic acids is 1. The van der Waals surface area contributed by atoms with Crippen LogP contribution in [0, 0.1) is 18.3 Å². The summed E-state index contributed by atoms with van der Waals surface area (Å²) in [6.07, 6.45) is 8.75. The van der Waals surface area contributed by atoms with Crippen LogP contribution in [-0.2, 0) is 132 Å². The van der Waals surface area contributed by atoms with Gasteiger partial charge in [-0.25, -0.2) is 4.79 Å². The lowest BCUT2D eigenvalue weighted by Crippen LogP contribution is -2.80. The van der Waals surface area contributed by atoms with E-state index in [0.717, 1.165) is 80.5 Å². The van der Waals surface area contributed by atoms with Gasteiger partial charge in [0.2, 0.25) is 17.7 Å². The Bertz CT molecular complexity index is 4320. The number of unbranched alkanes of at least 4 members (excludes halogenated alkanes) is 1. The Labute approximate surface area is 831 Å². The topological polar surface area (TPSA) is 531 Å². The molecule has 3 aromatic rings. The quantitative estimate of drug-likeness (QED) is 0.00684. The number of alkyl halides is 1. The number of carboxylic acid groups (broad SMARTS) is 1. The van der Waals surface area contributed by atoms with Gasteiger partial charge in [0.05, 0.1) is 93.7 Å². The third-order valence-corrected chi connectivity index (χ3v) is 27.6. The molecule has 1 spiro atoms. The Kier molecular flexibility index (Phi) is 54.9. The second kappa shape index (κ2) is 62.7. The minimum atomic E-state index is -2.17. The van der Waals surface area contributed by atoms with Gasteiger partial charge in [-0.2, -0.15) is 9.59 Å². The molecular weight excluding hydrogens is 1890 g/mol. The first-order valence-corrected chi connectivity index (χ1v) is 50.3. The fourth-order valence-corrected chi connectivity index (χ4v) is 19.9. The Morgan fingerprint density at radius 1 is 0.607 bits per heavy atom. The molecule has 3 amide bonds. The molecule has 3 fully saturated rings. The number of anilines is 1. The van der Waals surface area contributed by atoms with E-state index in [1.54, 1.807) is 0 Å². The predicted octanol–water partition coefficient (Wildman–Crippen LogP) is 6.88. The lowest BCUT2D eigenvalue weighted by Gasteiger charge is -2.63. The van der Waals surface area contributed by atoms with Crippen molar-refractivity contribution < 1.29 is 155 Å². The Balaban J connectivity index is 0.000000452. The maximum absolute atomic E-state index is 15.2. The first kappa shape index (κ1) is 123. The fraction of sp³-hybridized carbons (Fsp3) is 0.740. The molecule has 6 aliphatic rings. The molecule has 12 N–H and O–H groups in total. The largest absolute Gasteiger partial charge is 0.481 e. The smallest absolute Gasteiger partial charge is 0.373 e. The van der Waals surface area contributed by atoms with Crippen LogP contribution in [0.15, 0.2) is 48.6 Å². The molecule has 14 unspecified atom stereocenters. The molecule has 2 bridgehead atoms. The Morgan fingerprint density at radius 2 is 1.15 bits per heavy atom. The molecule has 39 nitrogen and oxygen atoms in total. The molecular formula is C100H160BrN7O32. The van der Waals surface area contributed by atoms with Gasteiger partial charge in [-0.05, 0) is 170 Å². The molecule has 1 aromatic heterocycles. The number of rotatable bonds is 57. The maximum Gasteiger partial charge on any atom is 0.373 e. The second-order valence-corrected chi connectivity index (χ2v) is 37.1. The van der Waals surface area contributed by atoms with Crippen molar-refractivity contribution in [1.82, 2.24) is 30.7 Å². The number of nitrogens with one attached hydrogen (secondary N) is 4. The van der Waals surface area contributed by atoms with Gasteiger partial charge in [0.25, 0.3) is 0 Å². The first-order chi connectivity index (χ1) is 66.9. The summed E-state index contributed by atoms with van der Waals surface area (Å²) in [4.78, 5) is 136. The standard InChI is InChI=1S/C61H87N5O12.C20H37BrN2O7.C11H20O7.C7H16O4.CO2/c1-9-41(35-67)78-51(75-8)36-77-50(70)22-16-21-49(69)62-39(5)53(71)76-29-15-14-20-48(68)61(74)55-60(25-28-66-26-17-24-59(11-3,54(60)66)56(61)72)45-31-44(38(4)30-47(45)64(55)7)57(6)32-40-33-58(73,10-2)37-65(34-40)27-23-43-42-18-12-13-19-46(42)63-52(43)57;1-4-16(5-2)30-20(27-3)15-29-19(26)9-8-17(24)22-10-6-12-28-13-7-11-23-18(25)14-21;1-3-8(6-12)18-11(16-2)7-17-10(15)5-4-9(13)14;1-3-6(4-8)11-7(5-9)10-2;2-1-3/h12-13,17-19,24,30-31,39-41,51,54-56,63,67,72-74H,9-11,14-16,20-23,25-29,32-37H2,1-8H3,(H,62,69);16,20H,4-15H2,1-3H3,(H,22,24)(H,23,25);8,11-12H,3-7H2,1-2H3,(H,13,14);6-9H,3-5H2,1-2H3;/t39?,40?,41?,51?,54?,55?,56-,57-,58?,59-,60?,61+;;;;/m1..../s1. The van der Waals surface area contributed by atoms with E-state index in [9.17, 15) is 58.8 Å². The predicted molar refractivity (Wildman–Crippen MR) is 518 cm³/mol. The van der Waals surface area contributed by atoms with Crippen molar-refractivity contribution in [3.63, 3.8) is 0 Å². The number of nitrogens with zero attached hydrogens (tertiary/aromatic N) is 3. The normalized spacial score (nSPS) is 23.6. The van der Waals surface area contributed by atoms with Gasteiger partial charge in [-0.15, -0.1) is 0 Å². The molecule has 9 rings (SSSR count). The van der Waals surface area contributed by atoms with Crippen LogP contribution in [0.5, 0.6) is 0 Å². The number of aliphatic hydroxyl groups excluding tert-OH is 5. The van der Waals surface area contributed by atoms with E-state index in [4.69, 9.17) is 91.6 Å². The molecule has 40 heteroatoms. The van der Waals surface area contributed by atoms with E-state index in [-0.39, 0.29) is 159 Å². The molecule has 5 aliphatic heterocycles. The number of Topliss-reactive ketones (excluding diaryl/α,β-unsaturated/α-hetero) is 1. The SMILES string of the molecule is CCC(CC)OC(COC(=O)CCC(=O)NCCCOCCCNC(=O)CBr)OC.CCC(CO)OC(CO)OC.CCC(CO)OC(COC(=O)CCC(=O)O)OC.CCC(CO)OC(COC(=O)CCCC(=O)NC(C)C(=O)OCCCCC(=O)[C@]1(O)C2N(C)c3cc(C)c([C@@]4(C)CC5CN(CCc6c4[nH]c4ccccc64)CC(O)(CC)C5)cc3C23CCN2CC=C[C@](CC)(C23)[C@H]1O)OC.O=C=O. The van der Waals surface area contributed by atoms with Crippen LogP contribution in [0.25, 0.3) is 10.9 Å². The molecule has 6 heterocycles. The number of para-hydroxylation sites is 1. The second-order valence-electron chi connectivity index (χ2n) is 36.5. The number of halogens is 1. The van der Waals surface area contributed by atoms with Gasteiger partial charge < -0.3 is 128 Å². The molecule has 2 saturated heterocycles. The Hall–Kier alpha value is -7.91. The number of benzene rings is 2. The number of aromatic amines is 1. The van der Waals surface area contributed by atoms with Crippen LogP contribution in [0.3, 0.4) is 0 Å². The molecule has 1 aliphatic carbocycles. The number of methoxy groups -OCH3 is 4. The van der Waals surface area contributed by atoms with Gasteiger partial charge >= 0.3 is 36.0 Å². The number of aryl methyl sites for hydroxylation is 1. The molecule has 1 saturated carbocycles. The highest BCUT2D eigenvalue weighted by Crippen LogP contribution is 2.67. The van der Waals surface area contributed by atoms with Crippen LogP contribution in [0.1, 0.15) is 232 Å². The number of H-pyrrole nitrogens is 1. The summed E-state index contributed by atoms with van der Waals surface area (Å²) in [7, 11) is 7.73. The summed E-state index contributed by atoms with van der Waals surface area (Å²) < 4.78 is 67.8. The van der Waals surface area contributed by atoms with Gasteiger partial charge in [-0.3, -0.25) is 48.2 Å². The van der Waals surface area contributed by atoms with Crippen molar-refractivity contribution >= 4 is 92.0 Å². The number of likely N-dealkylation sites (N-methyl/N-ethyl adjacent to an activating group) is 1. The van der Waals surface area contributed by atoms with E-state index in [2.05, 4.69) is 128 Å². The number of carboxylic acids is 1. The number of hydrogen-bond acceptors (Lipinski definition) is 34. The number of amides is 3. The molecule has 794 valence electrons. The third-order valence-electron chi connectivity index (χ3n) is 27.1. The zero-order chi connectivity index (χ0) is 104. The summed E-state index contributed by atoms with van der Waals surface area (Å²) in [5.74, 6) is -4.23. The average Bonchev–Trinajstić information content (AvgIpc) is 1.48. The average molecular weight is 2050 g/mol. The molecule has 2 aromatic carbocycles. The summed E-state index contributed by atoms with van der Waals surface area (Å²) in [6, 6.07) is 11.4. The van der Waals surface area contributed by atoms with Crippen LogP contribution >= 0.6 is 15.9 Å². The number of piperidine rings is 1. The van der Waals surface area contributed by atoms with Crippen LogP contribution in [0.2, 0.25) is 0 Å². The van der Waals surface area contributed by atoms with Crippen LogP contribution < -0.4 is 20.9 Å². The van der Waals surface area contributed by atoms with Crippen molar-refractivity contribution in [3.8, 4) is 0 Å². The monoisotopic (exact) mass is 2050 g/mol. The van der Waals surface area contributed by atoms with E-state index in [1.807, 2.05) is 41.7 Å². The highest BCUT2D eigenvalue weighted by molar-refractivity contribution is 9.09. The number of carbonyl (C=O) groups excluding carboxylic acids is 10. The molecule has 0 radical (unpaired) electrons. The number of aromatic nitrogens is 1. The van der Waals surface area contributed by atoms with Crippen LogP contribution in [-0.4, -0.2) is 353 Å².